The SMILES string of the molecule is CCCCOC(=O)N[C@@H](CO)Cc1ccccc1. The van der Waals surface area contributed by atoms with Gasteiger partial charge in [0, 0.05) is 0 Å². The molecule has 0 fully saturated rings. The van der Waals surface area contributed by atoms with Gasteiger partial charge in [-0.05, 0) is 18.4 Å². The van der Waals surface area contributed by atoms with Crippen LogP contribution in [-0.4, -0.2) is 30.5 Å². The van der Waals surface area contributed by atoms with Gasteiger partial charge in [0.2, 0.25) is 0 Å². The van der Waals surface area contributed by atoms with Gasteiger partial charge in [0.1, 0.15) is 0 Å². The van der Waals surface area contributed by atoms with Crippen LogP contribution in [0.2, 0.25) is 0 Å². The lowest BCUT2D eigenvalue weighted by Gasteiger charge is -2.16. The Hall–Kier alpha value is -1.55. The Morgan fingerprint density at radius 2 is 2.11 bits per heavy atom. The van der Waals surface area contributed by atoms with E-state index in [0.717, 1.165) is 18.4 Å². The summed E-state index contributed by atoms with van der Waals surface area (Å²) < 4.78 is 4.99. The van der Waals surface area contributed by atoms with Crippen molar-refractivity contribution in [2.24, 2.45) is 0 Å². The first-order chi connectivity index (χ1) is 8.76. The van der Waals surface area contributed by atoms with E-state index in [1.165, 1.54) is 0 Å². The average molecular weight is 251 g/mol. The largest absolute Gasteiger partial charge is 0.450 e. The molecule has 0 bridgehead atoms. The number of aliphatic hydroxyl groups is 1. The number of nitrogens with one attached hydrogen (secondary N) is 1. The Morgan fingerprint density at radius 3 is 2.72 bits per heavy atom. The minimum Gasteiger partial charge on any atom is -0.450 e. The van der Waals surface area contributed by atoms with Gasteiger partial charge in [0.15, 0.2) is 0 Å². The van der Waals surface area contributed by atoms with Gasteiger partial charge in [-0.2, -0.15) is 0 Å². The molecule has 0 aliphatic carbocycles. The van der Waals surface area contributed by atoms with E-state index in [-0.39, 0.29) is 12.6 Å². The van der Waals surface area contributed by atoms with Crippen LogP contribution in [0.4, 0.5) is 4.79 Å². The number of hydrogen-bond acceptors (Lipinski definition) is 3. The van der Waals surface area contributed by atoms with Gasteiger partial charge in [-0.3, -0.25) is 0 Å². The highest BCUT2D eigenvalue weighted by Crippen LogP contribution is 2.03. The van der Waals surface area contributed by atoms with E-state index in [2.05, 4.69) is 5.32 Å². The molecule has 0 unspecified atom stereocenters. The van der Waals surface area contributed by atoms with Gasteiger partial charge < -0.3 is 15.2 Å². The Kier molecular flexibility index (Phi) is 6.87. The van der Waals surface area contributed by atoms with Crippen LogP contribution in [0.1, 0.15) is 25.3 Å². The van der Waals surface area contributed by atoms with Crippen LogP contribution in [0.5, 0.6) is 0 Å². The summed E-state index contributed by atoms with van der Waals surface area (Å²) in [7, 11) is 0. The monoisotopic (exact) mass is 251 g/mol. The molecule has 1 amide bonds. The number of hydrogen-bond donors (Lipinski definition) is 2. The van der Waals surface area contributed by atoms with E-state index in [1.807, 2.05) is 37.3 Å². The minimum atomic E-state index is -0.460. The highest BCUT2D eigenvalue weighted by Gasteiger charge is 2.12. The predicted molar refractivity (Wildman–Crippen MR) is 70.4 cm³/mol. The molecule has 2 N–H and O–H groups in total. The molecule has 0 aliphatic heterocycles. The minimum absolute atomic E-state index is 0.0994. The molecule has 0 radical (unpaired) electrons. The van der Waals surface area contributed by atoms with Gasteiger partial charge in [0.25, 0.3) is 0 Å². The molecule has 0 saturated carbocycles. The number of rotatable bonds is 7. The lowest BCUT2D eigenvalue weighted by atomic mass is 10.1. The zero-order chi connectivity index (χ0) is 13.2. The van der Waals surface area contributed by atoms with Crippen LogP contribution in [0.15, 0.2) is 30.3 Å². The molecule has 1 rings (SSSR count). The average Bonchev–Trinajstić information content (AvgIpc) is 2.39. The van der Waals surface area contributed by atoms with Crippen LogP contribution in [0.25, 0.3) is 0 Å². The summed E-state index contributed by atoms with van der Waals surface area (Å²) in [5.74, 6) is 0. The van der Waals surface area contributed by atoms with Gasteiger partial charge in [0.05, 0.1) is 19.3 Å². The van der Waals surface area contributed by atoms with Crippen LogP contribution in [0, 0.1) is 0 Å². The standard InChI is InChI=1S/C14H21NO3/c1-2-3-9-18-14(17)15-13(11-16)10-12-7-5-4-6-8-12/h4-8,13,16H,2-3,9-11H2,1H3,(H,15,17)/t13-/m1/s1. The van der Waals surface area contributed by atoms with Crippen molar-refractivity contribution in [3.63, 3.8) is 0 Å². The second-order valence-electron chi connectivity index (χ2n) is 4.20. The quantitative estimate of drug-likeness (QED) is 0.730. The molecular formula is C14H21NO3. The van der Waals surface area contributed by atoms with Gasteiger partial charge in [-0.15, -0.1) is 0 Å². The lowest BCUT2D eigenvalue weighted by Crippen LogP contribution is -2.39. The van der Waals surface area contributed by atoms with Crippen LogP contribution in [0.3, 0.4) is 0 Å². The highest BCUT2D eigenvalue weighted by atomic mass is 16.5. The third-order valence-electron chi connectivity index (χ3n) is 2.60. The molecule has 18 heavy (non-hydrogen) atoms. The third kappa shape index (κ3) is 5.68. The molecule has 0 aliphatic rings. The molecule has 4 heteroatoms. The Bertz CT molecular complexity index is 340. The summed E-state index contributed by atoms with van der Waals surface area (Å²) >= 11 is 0. The summed E-state index contributed by atoms with van der Waals surface area (Å²) in [5, 5.41) is 11.9. The molecule has 0 saturated heterocycles. The maximum atomic E-state index is 11.4. The van der Waals surface area contributed by atoms with Crippen LogP contribution < -0.4 is 5.32 Å². The van der Waals surface area contributed by atoms with E-state index >= 15 is 0 Å². The second kappa shape index (κ2) is 8.53. The van der Waals surface area contributed by atoms with Crippen LogP contribution >= 0.6 is 0 Å². The number of ether oxygens (including phenoxy) is 1. The number of amides is 1. The number of carbonyl (C=O) groups is 1. The van der Waals surface area contributed by atoms with Crippen molar-refractivity contribution < 1.29 is 14.6 Å². The molecule has 4 nitrogen and oxygen atoms in total. The second-order valence-corrected chi connectivity index (χ2v) is 4.20. The van der Waals surface area contributed by atoms with E-state index in [9.17, 15) is 9.90 Å². The molecule has 0 spiro atoms. The highest BCUT2D eigenvalue weighted by molar-refractivity contribution is 5.67. The van der Waals surface area contributed by atoms with E-state index in [0.29, 0.717) is 13.0 Å². The summed E-state index contributed by atoms with van der Waals surface area (Å²) in [6, 6.07) is 9.43. The first kappa shape index (κ1) is 14.5. The van der Waals surface area contributed by atoms with Crippen molar-refractivity contribution in [2.75, 3.05) is 13.2 Å². The topological polar surface area (TPSA) is 58.6 Å². The van der Waals surface area contributed by atoms with Crippen molar-refractivity contribution in [1.29, 1.82) is 0 Å². The number of benzene rings is 1. The van der Waals surface area contributed by atoms with Crippen molar-refractivity contribution in [3.05, 3.63) is 35.9 Å². The first-order valence-electron chi connectivity index (χ1n) is 6.34. The van der Waals surface area contributed by atoms with E-state index < -0.39 is 6.09 Å². The number of alkyl carbamates (subject to hydrolysis) is 1. The first-order valence-corrected chi connectivity index (χ1v) is 6.34. The smallest absolute Gasteiger partial charge is 0.407 e. The van der Waals surface area contributed by atoms with Gasteiger partial charge in [-0.25, -0.2) is 4.79 Å². The molecule has 100 valence electrons. The summed E-state index contributed by atoms with van der Waals surface area (Å²) in [4.78, 5) is 11.4. The predicted octanol–water partition coefficient (Wildman–Crippen LogP) is 2.12. The number of carbonyl (C=O) groups excluding carboxylic acids is 1. The van der Waals surface area contributed by atoms with Crippen molar-refractivity contribution in [3.8, 4) is 0 Å². The summed E-state index contributed by atoms with van der Waals surface area (Å²) in [6.45, 7) is 2.36. The zero-order valence-electron chi connectivity index (χ0n) is 10.8. The Balaban J connectivity index is 2.35. The zero-order valence-corrected chi connectivity index (χ0v) is 10.8. The summed E-state index contributed by atoms with van der Waals surface area (Å²) in [6.07, 6.45) is 1.98. The fraction of sp³-hybridized carbons (Fsp3) is 0.500. The molecule has 1 atom stereocenters. The fourth-order valence-electron chi connectivity index (χ4n) is 1.58. The fourth-order valence-corrected chi connectivity index (χ4v) is 1.58. The molecule has 1 aromatic rings. The molecule has 0 heterocycles. The van der Waals surface area contributed by atoms with Crippen molar-refractivity contribution >= 4 is 6.09 Å². The number of aliphatic hydroxyl groups excluding tert-OH is 1. The summed E-state index contributed by atoms with van der Waals surface area (Å²) in [5.41, 5.74) is 1.07. The van der Waals surface area contributed by atoms with E-state index in [1.54, 1.807) is 0 Å². The normalized spacial score (nSPS) is 11.9. The van der Waals surface area contributed by atoms with Crippen molar-refractivity contribution in [1.82, 2.24) is 5.32 Å². The maximum Gasteiger partial charge on any atom is 0.407 e. The molecular weight excluding hydrogens is 230 g/mol. The lowest BCUT2D eigenvalue weighted by molar-refractivity contribution is 0.134. The Morgan fingerprint density at radius 1 is 1.39 bits per heavy atom. The van der Waals surface area contributed by atoms with Gasteiger partial charge in [-0.1, -0.05) is 43.7 Å². The van der Waals surface area contributed by atoms with E-state index in [4.69, 9.17) is 4.74 Å². The maximum absolute atomic E-state index is 11.4. The van der Waals surface area contributed by atoms with Crippen LogP contribution in [-0.2, 0) is 11.2 Å². The molecule has 1 aromatic carbocycles. The number of unbranched alkanes of at least 4 members (excludes halogenated alkanes) is 1. The Labute approximate surface area is 108 Å². The van der Waals surface area contributed by atoms with Crippen molar-refractivity contribution in [2.45, 2.75) is 32.2 Å². The van der Waals surface area contributed by atoms with Gasteiger partial charge >= 0.3 is 6.09 Å². The third-order valence-corrected chi connectivity index (χ3v) is 2.60. The molecule has 0 aromatic heterocycles.